The van der Waals surface area contributed by atoms with Crippen molar-refractivity contribution in [3.63, 3.8) is 0 Å². The Balaban J connectivity index is 1.63. The Hall–Kier alpha value is -2.02. The van der Waals surface area contributed by atoms with Crippen molar-refractivity contribution in [2.45, 2.75) is 24.8 Å². The van der Waals surface area contributed by atoms with Crippen LogP contribution in [0, 0.1) is 6.92 Å². The Morgan fingerprint density at radius 3 is 2.48 bits per heavy atom. The van der Waals surface area contributed by atoms with Crippen molar-refractivity contribution in [1.82, 2.24) is 9.29 Å². The summed E-state index contributed by atoms with van der Waals surface area (Å²) in [4.78, 5) is 6.12. The standard InChI is InChI=1S/C19H18N2O2S2/c1-14-7-9-16(10-8-14)25(22,23)21-12-11-17-18(13-21)24-19(20-17)15-5-3-2-4-6-15/h2-10H,11-13H2,1H3. The summed E-state index contributed by atoms with van der Waals surface area (Å²) in [7, 11) is -3.46. The summed E-state index contributed by atoms with van der Waals surface area (Å²) in [6, 6.07) is 17.1. The van der Waals surface area contributed by atoms with E-state index >= 15 is 0 Å². The number of aromatic nitrogens is 1. The molecule has 4 rings (SSSR count). The second kappa shape index (κ2) is 6.37. The Bertz CT molecular complexity index is 994. The van der Waals surface area contributed by atoms with Gasteiger partial charge in [-0.3, -0.25) is 0 Å². The fourth-order valence-corrected chi connectivity index (χ4v) is 5.56. The Morgan fingerprint density at radius 2 is 1.76 bits per heavy atom. The van der Waals surface area contributed by atoms with E-state index in [-0.39, 0.29) is 0 Å². The van der Waals surface area contributed by atoms with E-state index in [1.807, 2.05) is 49.4 Å². The fourth-order valence-electron chi connectivity index (χ4n) is 2.94. The normalized spacial score (nSPS) is 15.1. The van der Waals surface area contributed by atoms with E-state index in [1.165, 1.54) is 0 Å². The highest BCUT2D eigenvalue weighted by Gasteiger charge is 2.30. The Kier molecular flexibility index (Phi) is 4.19. The first-order valence-electron chi connectivity index (χ1n) is 8.15. The number of fused-ring (bicyclic) bond motifs is 1. The molecule has 2 heterocycles. The molecule has 2 aromatic carbocycles. The number of hydrogen-bond acceptors (Lipinski definition) is 4. The molecular formula is C19H18N2O2S2. The number of aryl methyl sites for hydroxylation is 1. The first kappa shape index (κ1) is 16.4. The van der Waals surface area contributed by atoms with Crippen molar-refractivity contribution in [1.29, 1.82) is 0 Å². The Morgan fingerprint density at radius 1 is 1.04 bits per heavy atom. The van der Waals surface area contributed by atoms with Crippen LogP contribution in [-0.4, -0.2) is 24.3 Å². The minimum atomic E-state index is -3.46. The molecule has 1 aromatic heterocycles. The van der Waals surface area contributed by atoms with Crippen molar-refractivity contribution >= 4 is 21.4 Å². The second-order valence-corrected chi connectivity index (χ2v) is 9.18. The maximum absolute atomic E-state index is 12.9. The maximum Gasteiger partial charge on any atom is 0.243 e. The van der Waals surface area contributed by atoms with Gasteiger partial charge in [-0.25, -0.2) is 13.4 Å². The van der Waals surface area contributed by atoms with Gasteiger partial charge in [0.1, 0.15) is 5.01 Å². The van der Waals surface area contributed by atoms with E-state index in [4.69, 9.17) is 4.98 Å². The predicted octanol–water partition coefficient (Wildman–Crippen LogP) is 3.87. The van der Waals surface area contributed by atoms with E-state index in [2.05, 4.69) is 0 Å². The van der Waals surface area contributed by atoms with Gasteiger partial charge in [-0.2, -0.15) is 4.31 Å². The lowest BCUT2D eigenvalue weighted by atomic mass is 10.2. The highest BCUT2D eigenvalue weighted by molar-refractivity contribution is 7.89. The molecule has 0 radical (unpaired) electrons. The topological polar surface area (TPSA) is 50.3 Å². The van der Waals surface area contributed by atoms with Crippen molar-refractivity contribution in [3.05, 3.63) is 70.7 Å². The third-order valence-electron chi connectivity index (χ3n) is 4.38. The van der Waals surface area contributed by atoms with Crippen LogP contribution in [-0.2, 0) is 23.0 Å². The SMILES string of the molecule is Cc1ccc(S(=O)(=O)N2CCc3nc(-c4ccccc4)sc3C2)cc1. The average molecular weight is 370 g/mol. The summed E-state index contributed by atoms with van der Waals surface area (Å²) >= 11 is 1.59. The third kappa shape index (κ3) is 3.13. The Labute approximate surface area is 151 Å². The van der Waals surface area contributed by atoms with Crippen LogP contribution < -0.4 is 0 Å². The van der Waals surface area contributed by atoms with Crippen LogP contribution in [0.15, 0.2) is 59.5 Å². The van der Waals surface area contributed by atoms with Gasteiger partial charge >= 0.3 is 0 Å². The van der Waals surface area contributed by atoms with Crippen LogP contribution in [0.1, 0.15) is 16.1 Å². The van der Waals surface area contributed by atoms with Gasteiger partial charge in [0.25, 0.3) is 0 Å². The van der Waals surface area contributed by atoms with Gasteiger partial charge in [0, 0.05) is 23.4 Å². The molecule has 0 N–H and O–H groups in total. The summed E-state index contributed by atoms with van der Waals surface area (Å²) < 4.78 is 27.4. The molecule has 1 aliphatic rings. The van der Waals surface area contributed by atoms with Gasteiger partial charge in [0.2, 0.25) is 10.0 Å². The maximum atomic E-state index is 12.9. The minimum Gasteiger partial charge on any atom is -0.241 e. The molecule has 0 amide bonds. The van der Waals surface area contributed by atoms with E-state index in [0.717, 1.165) is 26.7 Å². The summed E-state index contributed by atoms with van der Waals surface area (Å²) in [5.74, 6) is 0. The summed E-state index contributed by atoms with van der Waals surface area (Å²) in [6.45, 7) is 2.82. The number of rotatable bonds is 3. The number of benzene rings is 2. The van der Waals surface area contributed by atoms with E-state index in [0.29, 0.717) is 24.4 Å². The molecule has 0 saturated heterocycles. The van der Waals surface area contributed by atoms with Crippen LogP contribution in [0.5, 0.6) is 0 Å². The number of thiazole rings is 1. The van der Waals surface area contributed by atoms with E-state index < -0.39 is 10.0 Å². The molecule has 0 bridgehead atoms. The first-order chi connectivity index (χ1) is 12.0. The smallest absolute Gasteiger partial charge is 0.241 e. The van der Waals surface area contributed by atoms with Crippen LogP contribution in [0.2, 0.25) is 0 Å². The predicted molar refractivity (Wildman–Crippen MR) is 100 cm³/mol. The molecule has 0 spiro atoms. The molecule has 0 aliphatic carbocycles. The molecule has 4 nitrogen and oxygen atoms in total. The lowest BCUT2D eigenvalue weighted by Gasteiger charge is -2.25. The van der Waals surface area contributed by atoms with Gasteiger partial charge in [-0.1, -0.05) is 48.0 Å². The first-order valence-corrected chi connectivity index (χ1v) is 10.4. The monoisotopic (exact) mass is 370 g/mol. The van der Waals surface area contributed by atoms with Crippen LogP contribution in [0.25, 0.3) is 10.6 Å². The van der Waals surface area contributed by atoms with Crippen molar-refractivity contribution in [3.8, 4) is 10.6 Å². The molecule has 1 aliphatic heterocycles. The van der Waals surface area contributed by atoms with Gasteiger partial charge in [-0.15, -0.1) is 11.3 Å². The van der Waals surface area contributed by atoms with Gasteiger partial charge < -0.3 is 0 Å². The number of hydrogen-bond donors (Lipinski definition) is 0. The van der Waals surface area contributed by atoms with Crippen molar-refractivity contribution in [2.75, 3.05) is 6.54 Å². The van der Waals surface area contributed by atoms with Gasteiger partial charge in [0.15, 0.2) is 0 Å². The highest BCUT2D eigenvalue weighted by Crippen LogP contribution is 2.33. The zero-order valence-electron chi connectivity index (χ0n) is 13.8. The van der Waals surface area contributed by atoms with Gasteiger partial charge in [-0.05, 0) is 19.1 Å². The van der Waals surface area contributed by atoms with Crippen LogP contribution in [0.3, 0.4) is 0 Å². The lowest BCUT2D eigenvalue weighted by Crippen LogP contribution is -2.35. The minimum absolute atomic E-state index is 0.356. The molecular weight excluding hydrogens is 352 g/mol. The highest BCUT2D eigenvalue weighted by atomic mass is 32.2. The van der Waals surface area contributed by atoms with E-state index in [1.54, 1.807) is 27.8 Å². The lowest BCUT2D eigenvalue weighted by molar-refractivity contribution is 0.393. The molecule has 128 valence electrons. The average Bonchev–Trinajstić information content (AvgIpc) is 3.06. The second-order valence-electron chi connectivity index (χ2n) is 6.16. The largest absolute Gasteiger partial charge is 0.243 e. The third-order valence-corrected chi connectivity index (χ3v) is 7.37. The molecule has 0 unspecified atom stereocenters. The zero-order valence-corrected chi connectivity index (χ0v) is 15.5. The molecule has 0 saturated carbocycles. The summed E-state index contributed by atoms with van der Waals surface area (Å²) in [5.41, 5.74) is 3.16. The quantitative estimate of drug-likeness (QED) is 0.703. The molecule has 0 atom stereocenters. The van der Waals surface area contributed by atoms with Crippen LogP contribution in [0.4, 0.5) is 0 Å². The molecule has 25 heavy (non-hydrogen) atoms. The van der Waals surface area contributed by atoms with E-state index in [9.17, 15) is 8.42 Å². The van der Waals surface area contributed by atoms with Crippen LogP contribution >= 0.6 is 11.3 Å². The number of nitrogens with zero attached hydrogens (tertiary/aromatic N) is 2. The molecule has 6 heteroatoms. The summed E-state index contributed by atoms with van der Waals surface area (Å²) in [6.07, 6.45) is 0.657. The van der Waals surface area contributed by atoms with Crippen molar-refractivity contribution < 1.29 is 8.42 Å². The van der Waals surface area contributed by atoms with Gasteiger partial charge in [0.05, 0.1) is 17.1 Å². The number of sulfonamides is 1. The van der Waals surface area contributed by atoms with Crippen molar-refractivity contribution in [2.24, 2.45) is 0 Å². The fraction of sp³-hybridized carbons (Fsp3) is 0.211. The zero-order chi connectivity index (χ0) is 17.4. The molecule has 3 aromatic rings. The molecule has 0 fully saturated rings. The summed E-state index contributed by atoms with van der Waals surface area (Å²) in [5, 5.41) is 0.959.